The van der Waals surface area contributed by atoms with Gasteiger partial charge in [-0.05, 0) is 62.1 Å². The molecule has 1 aromatic carbocycles. The van der Waals surface area contributed by atoms with Gasteiger partial charge in [-0.1, -0.05) is 19.1 Å². The van der Waals surface area contributed by atoms with Gasteiger partial charge in [0.05, 0.1) is 30.1 Å². The number of pyridine rings is 2. The largest absolute Gasteiger partial charge is 0.492 e. The number of nitrogens with one attached hydrogen (secondary N) is 1. The van der Waals surface area contributed by atoms with Gasteiger partial charge in [-0.15, -0.1) is 0 Å². The van der Waals surface area contributed by atoms with Gasteiger partial charge in [0.1, 0.15) is 17.6 Å². The number of piperidine rings is 1. The number of benzene rings is 1. The molecule has 1 N–H and O–H groups in total. The zero-order valence-electron chi connectivity index (χ0n) is 21.1. The maximum absolute atomic E-state index is 12.9. The number of amides is 1. The minimum absolute atomic E-state index is 0.0980. The van der Waals surface area contributed by atoms with Crippen LogP contribution in [0.25, 0.3) is 16.6 Å². The smallest absolute Gasteiger partial charge is 0.253 e. The molecule has 1 aliphatic rings. The lowest BCUT2D eigenvalue weighted by molar-refractivity contribution is 0.0718. The normalized spacial score (nSPS) is 13.9. The first-order valence-corrected chi connectivity index (χ1v) is 12.7. The van der Waals surface area contributed by atoms with E-state index in [2.05, 4.69) is 28.4 Å². The average Bonchev–Trinajstić information content (AvgIpc) is 3.36. The lowest BCUT2D eigenvalue weighted by Crippen LogP contribution is -2.42. The van der Waals surface area contributed by atoms with E-state index >= 15 is 0 Å². The highest BCUT2D eigenvalue weighted by atomic mass is 16.5. The lowest BCUT2D eigenvalue weighted by atomic mass is 10.0. The molecule has 4 heterocycles. The molecule has 0 bridgehead atoms. The van der Waals surface area contributed by atoms with Crippen LogP contribution in [0.4, 0.5) is 5.82 Å². The molecule has 8 heteroatoms. The molecule has 0 saturated carbocycles. The summed E-state index contributed by atoms with van der Waals surface area (Å²) in [6.07, 6.45) is 7.84. The summed E-state index contributed by atoms with van der Waals surface area (Å²) < 4.78 is 7.38. The number of hydrogen-bond acceptors (Lipinski definition) is 6. The van der Waals surface area contributed by atoms with Gasteiger partial charge in [0.2, 0.25) is 0 Å². The number of nitrogens with zero attached hydrogens (tertiary/aromatic N) is 5. The Hall–Kier alpha value is -4.38. The number of anilines is 1. The number of carbonyl (C=O) groups is 1. The van der Waals surface area contributed by atoms with Crippen molar-refractivity contribution in [2.45, 2.75) is 39.2 Å². The number of ether oxygens (including phenoxy) is 1. The first-order chi connectivity index (χ1) is 18.1. The fraction of sp³-hybridized carbons (Fsp3) is 0.310. The summed E-state index contributed by atoms with van der Waals surface area (Å²) in [6, 6.07) is 16.3. The molecule has 1 fully saturated rings. The van der Waals surface area contributed by atoms with Crippen LogP contribution in [0.2, 0.25) is 0 Å². The standard InChI is InChI=1S/C29H30N6O2/c1-3-20-5-7-21(8-6-20)29(36)34-13-11-24(12-14-34)33-27-10-9-22(17-31-27)26-15-25(37-4-2)19-35-28(26)23(16-30)18-32-35/h5-10,15,17-19,24H,3-4,11-14H2,1-2H3,(H,31,33). The van der Waals surface area contributed by atoms with E-state index in [9.17, 15) is 10.1 Å². The first-order valence-electron chi connectivity index (χ1n) is 12.7. The van der Waals surface area contributed by atoms with Crippen molar-refractivity contribution in [3.8, 4) is 22.9 Å². The third-order valence-electron chi connectivity index (χ3n) is 6.84. The Morgan fingerprint density at radius 2 is 1.92 bits per heavy atom. The number of rotatable bonds is 7. The molecule has 0 radical (unpaired) electrons. The van der Waals surface area contributed by atoms with Gasteiger partial charge in [-0.25, -0.2) is 9.50 Å². The molecule has 0 spiro atoms. The molecular weight excluding hydrogens is 464 g/mol. The Morgan fingerprint density at radius 1 is 1.14 bits per heavy atom. The summed E-state index contributed by atoms with van der Waals surface area (Å²) in [4.78, 5) is 19.5. The molecular formula is C29H30N6O2. The van der Waals surface area contributed by atoms with Gasteiger partial charge < -0.3 is 15.0 Å². The van der Waals surface area contributed by atoms with E-state index in [1.807, 2.05) is 54.3 Å². The van der Waals surface area contributed by atoms with Crippen molar-refractivity contribution in [1.82, 2.24) is 19.5 Å². The highest BCUT2D eigenvalue weighted by molar-refractivity contribution is 5.94. The van der Waals surface area contributed by atoms with Gasteiger partial charge >= 0.3 is 0 Å². The highest BCUT2D eigenvalue weighted by Crippen LogP contribution is 2.31. The number of likely N-dealkylation sites (tertiary alicyclic amines) is 1. The molecule has 4 aromatic rings. The van der Waals surface area contributed by atoms with E-state index in [4.69, 9.17) is 4.74 Å². The molecule has 0 unspecified atom stereocenters. The minimum atomic E-state index is 0.0980. The van der Waals surface area contributed by atoms with E-state index in [0.29, 0.717) is 31.0 Å². The van der Waals surface area contributed by atoms with Crippen molar-refractivity contribution in [3.05, 3.63) is 77.7 Å². The van der Waals surface area contributed by atoms with Crippen LogP contribution in [0, 0.1) is 11.3 Å². The van der Waals surface area contributed by atoms with Crippen molar-refractivity contribution in [2.75, 3.05) is 25.0 Å². The Kier molecular flexibility index (Phi) is 7.04. The Balaban J connectivity index is 1.25. The number of aryl methyl sites for hydroxylation is 1. The summed E-state index contributed by atoms with van der Waals surface area (Å²) in [7, 11) is 0. The summed E-state index contributed by atoms with van der Waals surface area (Å²) in [5.41, 5.74) is 4.94. The van der Waals surface area contributed by atoms with Crippen molar-refractivity contribution in [2.24, 2.45) is 0 Å². The van der Waals surface area contributed by atoms with Crippen LogP contribution in [0.5, 0.6) is 5.75 Å². The van der Waals surface area contributed by atoms with E-state index in [1.54, 1.807) is 23.1 Å². The summed E-state index contributed by atoms with van der Waals surface area (Å²) in [5, 5.41) is 17.4. The maximum atomic E-state index is 12.9. The van der Waals surface area contributed by atoms with Gasteiger partial charge in [-0.3, -0.25) is 4.79 Å². The molecule has 1 amide bonds. The van der Waals surface area contributed by atoms with Gasteiger partial charge in [-0.2, -0.15) is 10.4 Å². The number of nitriles is 1. The van der Waals surface area contributed by atoms with Crippen molar-refractivity contribution < 1.29 is 9.53 Å². The molecule has 3 aromatic heterocycles. The van der Waals surface area contributed by atoms with Crippen molar-refractivity contribution in [1.29, 1.82) is 5.26 Å². The monoisotopic (exact) mass is 494 g/mol. The third kappa shape index (κ3) is 5.12. The molecule has 0 atom stereocenters. The van der Waals surface area contributed by atoms with Gasteiger partial charge in [0, 0.05) is 42.0 Å². The molecule has 188 valence electrons. The fourth-order valence-corrected chi connectivity index (χ4v) is 4.78. The summed E-state index contributed by atoms with van der Waals surface area (Å²) >= 11 is 0. The zero-order valence-corrected chi connectivity index (χ0v) is 21.1. The SMILES string of the molecule is CCOc1cc(-c2ccc(NC3CCN(C(=O)c4ccc(CC)cc4)CC3)nc2)c2c(C#N)cnn2c1. The van der Waals surface area contributed by atoms with E-state index in [-0.39, 0.29) is 11.9 Å². The Bertz CT molecular complexity index is 1430. The second-order valence-electron chi connectivity index (χ2n) is 9.18. The van der Waals surface area contributed by atoms with Crippen LogP contribution >= 0.6 is 0 Å². The van der Waals surface area contributed by atoms with Gasteiger partial charge in [0.15, 0.2) is 0 Å². The highest BCUT2D eigenvalue weighted by Gasteiger charge is 2.24. The number of carbonyl (C=O) groups excluding carboxylic acids is 1. The van der Waals surface area contributed by atoms with E-state index in [0.717, 1.165) is 47.3 Å². The van der Waals surface area contributed by atoms with Crippen LogP contribution in [0.1, 0.15) is 48.2 Å². The van der Waals surface area contributed by atoms with Crippen LogP contribution in [0.15, 0.2) is 61.1 Å². The van der Waals surface area contributed by atoms with Crippen LogP contribution in [-0.4, -0.2) is 51.1 Å². The number of hydrogen-bond donors (Lipinski definition) is 1. The van der Waals surface area contributed by atoms with Crippen LogP contribution < -0.4 is 10.1 Å². The Morgan fingerprint density at radius 3 is 2.57 bits per heavy atom. The number of aromatic nitrogens is 3. The quantitative estimate of drug-likeness (QED) is 0.391. The Labute approximate surface area is 216 Å². The number of fused-ring (bicyclic) bond motifs is 1. The molecule has 37 heavy (non-hydrogen) atoms. The second-order valence-corrected chi connectivity index (χ2v) is 9.18. The third-order valence-corrected chi connectivity index (χ3v) is 6.84. The second kappa shape index (κ2) is 10.7. The fourth-order valence-electron chi connectivity index (χ4n) is 4.78. The van der Waals surface area contributed by atoms with Gasteiger partial charge in [0.25, 0.3) is 5.91 Å². The lowest BCUT2D eigenvalue weighted by Gasteiger charge is -2.32. The van der Waals surface area contributed by atoms with Crippen LogP contribution in [-0.2, 0) is 6.42 Å². The topological polar surface area (TPSA) is 95.5 Å². The molecule has 1 aliphatic heterocycles. The zero-order chi connectivity index (χ0) is 25.8. The summed E-state index contributed by atoms with van der Waals surface area (Å²) in [6.45, 7) is 6.00. The summed E-state index contributed by atoms with van der Waals surface area (Å²) in [5.74, 6) is 1.57. The molecule has 5 rings (SSSR count). The first kappa shape index (κ1) is 24.3. The van der Waals surface area contributed by atoms with E-state index < -0.39 is 0 Å². The van der Waals surface area contributed by atoms with Crippen molar-refractivity contribution in [3.63, 3.8) is 0 Å². The minimum Gasteiger partial charge on any atom is -0.492 e. The van der Waals surface area contributed by atoms with E-state index in [1.165, 1.54) is 5.56 Å². The molecule has 8 nitrogen and oxygen atoms in total. The predicted molar refractivity (Wildman–Crippen MR) is 143 cm³/mol. The predicted octanol–water partition coefficient (Wildman–Crippen LogP) is 4.95. The molecule has 0 aliphatic carbocycles. The van der Waals surface area contributed by atoms with Crippen molar-refractivity contribution >= 4 is 17.2 Å². The van der Waals surface area contributed by atoms with Crippen LogP contribution in [0.3, 0.4) is 0 Å². The average molecular weight is 495 g/mol. The maximum Gasteiger partial charge on any atom is 0.253 e. The molecule has 1 saturated heterocycles.